The maximum Gasteiger partial charge on any atom is 0.455 e. The molecule has 0 fully saturated rings. The Balaban J connectivity index is 1.45. The van der Waals surface area contributed by atoms with Crippen LogP contribution in [0, 0.1) is 0 Å². The molecule has 2 amide bonds. The van der Waals surface area contributed by atoms with E-state index in [0.717, 1.165) is 5.57 Å². The molecule has 208 valence electrons. The first-order valence-corrected chi connectivity index (χ1v) is 12.2. The molecular formula is C23H21ClF3N11O2. The predicted octanol–water partition coefficient (Wildman–Crippen LogP) is 2.02. The Morgan fingerprint density at radius 2 is 1.98 bits per heavy atom. The van der Waals surface area contributed by atoms with Gasteiger partial charge in [0.15, 0.2) is 5.82 Å². The Hall–Kier alpha value is -4.57. The van der Waals surface area contributed by atoms with Crippen molar-refractivity contribution in [2.45, 2.75) is 26.6 Å². The number of hydrogen-bond donors (Lipinski definition) is 2. The maximum absolute atomic E-state index is 13.6. The number of pyridine rings is 1. The zero-order chi connectivity index (χ0) is 28.6. The molecule has 2 aliphatic rings. The van der Waals surface area contributed by atoms with Crippen molar-refractivity contribution < 1.29 is 22.8 Å². The summed E-state index contributed by atoms with van der Waals surface area (Å²) in [6.45, 7) is 3.99. The number of fused-ring (bicyclic) bond motifs is 1. The van der Waals surface area contributed by atoms with Gasteiger partial charge in [-0.25, -0.2) is 9.67 Å². The molecule has 3 aromatic heterocycles. The minimum atomic E-state index is -4.77. The molecule has 0 aromatic carbocycles. The summed E-state index contributed by atoms with van der Waals surface area (Å²) < 4.78 is 39.9. The minimum absolute atomic E-state index is 0.0347. The van der Waals surface area contributed by atoms with Crippen molar-refractivity contribution in [2.75, 3.05) is 13.1 Å². The summed E-state index contributed by atoms with van der Waals surface area (Å²) in [5.74, 6) is -2.27. The average molecular weight is 576 g/mol. The number of nitrogens with zero attached hydrogens (tertiary/aromatic N) is 9. The number of nitrogens with one attached hydrogen (secondary N) is 2. The lowest BCUT2D eigenvalue weighted by Gasteiger charge is -2.34. The van der Waals surface area contributed by atoms with Crippen molar-refractivity contribution in [3.63, 3.8) is 0 Å². The van der Waals surface area contributed by atoms with E-state index >= 15 is 0 Å². The van der Waals surface area contributed by atoms with Crippen LogP contribution in [-0.4, -0.2) is 70.0 Å². The molecule has 13 nitrogen and oxygen atoms in total. The molecule has 17 heteroatoms. The SMILES string of the molecule is CCNC(=O)C1=CC(C)=CC2=CCN(NC(=O)c3cc(Cn4nnc(C(F)(F)F)n4)nn3-c3ncccc3Cl)N21. The smallest absolute Gasteiger partial charge is 0.351 e. The van der Waals surface area contributed by atoms with E-state index in [4.69, 9.17) is 11.6 Å². The molecule has 0 aliphatic carbocycles. The van der Waals surface area contributed by atoms with Crippen LogP contribution < -0.4 is 10.7 Å². The summed E-state index contributed by atoms with van der Waals surface area (Å²) in [6.07, 6.45) is 2.08. The predicted molar refractivity (Wildman–Crippen MR) is 133 cm³/mol. The lowest BCUT2D eigenvalue weighted by molar-refractivity contribution is -0.145. The first-order chi connectivity index (χ1) is 19.0. The molecule has 0 spiro atoms. The van der Waals surface area contributed by atoms with Gasteiger partial charge in [0.25, 0.3) is 17.6 Å². The third-order valence-corrected chi connectivity index (χ3v) is 5.97. The van der Waals surface area contributed by atoms with E-state index in [0.29, 0.717) is 22.7 Å². The van der Waals surface area contributed by atoms with E-state index in [1.165, 1.54) is 22.1 Å². The standard InChI is InChI=1S/C23H21ClF3N11O2/c1-3-28-20(39)18-10-13(2)9-15-6-8-36(38(15)18)32-21(40)17-11-14(12-35-33-22(30-34-35)23(25,26)27)31-37(17)19-16(24)5-4-7-29-19/h4-7,9-11H,3,8,12H2,1-2H3,(H,28,39)(H,32,40). The number of hydrazine groups is 2. The summed E-state index contributed by atoms with van der Waals surface area (Å²) in [5.41, 5.74) is 4.72. The zero-order valence-electron chi connectivity index (χ0n) is 21.0. The molecule has 2 aliphatic heterocycles. The number of amides is 2. The molecule has 2 N–H and O–H groups in total. The van der Waals surface area contributed by atoms with Crippen molar-refractivity contribution in [3.8, 4) is 5.82 Å². The molecule has 0 bridgehead atoms. The average Bonchev–Trinajstić information content (AvgIpc) is 3.63. The van der Waals surface area contributed by atoms with Crippen LogP contribution in [0.15, 0.2) is 59.6 Å². The highest BCUT2D eigenvalue weighted by Gasteiger charge is 2.37. The second kappa shape index (κ2) is 10.5. The first-order valence-electron chi connectivity index (χ1n) is 11.9. The van der Waals surface area contributed by atoms with Crippen LogP contribution >= 0.6 is 11.6 Å². The summed E-state index contributed by atoms with van der Waals surface area (Å²) in [4.78, 5) is 31.2. The fourth-order valence-corrected chi connectivity index (χ4v) is 4.25. The summed E-state index contributed by atoms with van der Waals surface area (Å²) in [5, 5.41) is 20.1. The van der Waals surface area contributed by atoms with E-state index in [1.54, 1.807) is 30.1 Å². The van der Waals surface area contributed by atoms with Gasteiger partial charge in [0.1, 0.15) is 17.9 Å². The molecule has 0 unspecified atom stereocenters. The Bertz CT molecular complexity index is 1570. The van der Waals surface area contributed by atoms with Crippen LogP contribution in [0.25, 0.3) is 5.82 Å². The quantitative estimate of drug-likeness (QED) is 0.433. The highest BCUT2D eigenvalue weighted by atomic mass is 35.5. The lowest BCUT2D eigenvalue weighted by Crippen LogP contribution is -2.52. The molecule has 0 radical (unpaired) electrons. The Kier molecular flexibility index (Phi) is 7.12. The van der Waals surface area contributed by atoms with Crippen LogP contribution in [0.4, 0.5) is 13.2 Å². The van der Waals surface area contributed by atoms with Gasteiger partial charge in [0, 0.05) is 12.7 Å². The Morgan fingerprint density at radius 1 is 1.18 bits per heavy atom. The molecule has 3 aromatic rings. The maximum atomic E-state index is 13.6. The summed E-state index contributed by atoms with van der Waals surface area (Å²) in [7, 11) is 0. The van der Waals surface area contributed by atoms with Gasteiger partial charge in [-0.3, -0.25) is 20.0 Å². The van der Waals surface area contributed by atoms with Gasteiger partial charge in [0.05, 0.1) is 23.0 Å². The topological polar surface area (TPSA) is 139 Å². The monoisotopic (exact) mass is 575 g/mol. The normalized spacial score (nSPS) is 15.3. The van der Waals surface area contributed by atoms with E-state index in [2.05, 4.69) is 36.2 Å². The van der Waals surface area contributed by atoms with Crippen LogP contribution in [0.2, 0.25) is 5.02 Å². The summed E-state index contributed by atoms with van der Waals surface area (Å²) in [6, 6.07) is 4.48. The molecule has 5 rings (SSSR count). The molecule has 0 saturated carbocycles. The zero-order valence-corrected chi connectivity index (χ0v) is 21.8. The number of aromatic nitrogens is 7. The fourth-order valence-electron chi connectivity index (χ4n) is 4.04. The van der Waals surface area contributed by atoms with E-state index in [1.807, 2.05) is 19.1 Å². The number of carbonyl (C=O) groups is 2. The van der Waals surface area contributed by atoms with Crippen molar-refractivity contribution in [1.29, 1.82) is 0 Å². The second-order valence-electron chi connectivity index (χ2n) is 8.62. The van der Waals surface area contributed by atoms with Crippen molar-refractivity contribution >= 4 is 23.4 Å². The fraction of sp³-hybridized carbons (Fsp3) is 0.261. The van der Waals surface area contributed by atoms with E-state index < -0.39 is 17.9 Å². The van der Waals surface area contributed by atoms with Crippen LogP contribution in [-0.2, 0) is 17.5 Å². The second-order valence-corrected chi connectivity index (χ2v) is 9.03. The number of carbonyl (C=O) groups excluding carboxylic acids is 2. The minimum Gasteiger partial charge on any atom is -0.351 e. The van der Waals surface area contributed by atoms with Gasteiger partial charge < -0.3 is 5.32 Å². The van der Waals surface area contributed by atoms with Gasteiger partial charge in [-0.2, -0.15) is 23.1 Å². The number of alkyl halides is 3. The van der Waals surface area contributed by atoms with Crippen LogP contribution in [0.1, 0.15) is 35.9 Å². The Labute approximate surface area is 229 Å². The first kappa shape index (κ1) is 27.0. The summed E-state index contributed by atoms with van der Waals surface area (Å²) >= 11 is 6.31. The largest absolute Gasteiger partial charge is 0.455 e. The number of allylic oxidation sites excluding steroid dienone is 3. The number of rotatable bonds is 7. The number of halogens is 4. The van der Waals surface area contributed by atoms with Gasteiger partial charge in [-0.05, 0) is 61.1 Å². The number of hydrogen-bond acceptors (Lipinski definition) is 9. The molecule has 0 atom stereocenters. The number of tetrazole rings is 1. The third kappa shape index (κ3) is 5.30. The Morgan fingerprint density at radius 3 is 2.67 bits per heavy atom. The molecular weight excluding hydrogens is 555 g/mol. The van der Waals surface area contributed by atoms with Crippen molar-refractivity contribution in [2.24, 2.45) is 0 Å². The number of likely N-dealkylation sites (N-methyl/N-ethyl adjacent to an activating group) is 1. The molecule has 40 heavy (non-hydrogen) atoms. The van der Waals surface area contributed by atoms with E-state index in [-0.39, 0.29) is 41.2 Å². The van der Waals surface area contributed by atoms with Crippen LogP contribution in [0.3, 0.4) is 0 Å². The van der Waals surface area contributed by atoms with Gasteiger partial charge in [0.2, 0.25) is 0 Å². The van der Waals surface area contributed by atoms with Crippen molar-refractivity contribution in [3.05, 3.63) is 81.8 Å². The molecule has 5 heterocycles. The van der Waals surface area contributed by atoms with Gasteiger partial charge in [-0.1, -0.05) is 11.6 Å². The van der Waals surface area contributed by atoms with Gasteiger partial charge >= 0.3 is 6.18 Å². The van der Waals surface area contributed by atoms with Crippen molar-refractivity contribution in [1.82, 2.24) is 55.8 Å². The highest BCUT2D eigenvalue weighted by Crippen LogP contribution is 2.29. The van der Waals surface area contributed by atoms with Gasteiger partial charge in [-0.15, -0.1) is 15.3 Å². The highest BCUT2D eigenvalue weighted by molar-refractivity contribution is 6.32. The lowest BCUT2D eigenvalue weighted by atomic mass is 10.1. The third-order valence-electron chi connectivity index (χ3n) is 5.67. The molecule has 0 saturated heterocycles. The van der Waals surface area contributed by atoms with E-state index in [9.17, 15) is 22.8 Å². The van der Waals surface area contributed by atoms with Crippen LogP contribution in [0.5, 0.6) is 0 Å².